The van der Waals surface area contributed by atoms with E-state index in [1.54, 1.807) is 0 Å². The van der Waals surface area contributed by atoms with Gasteiger partial charge in [-0.25, -0.2) is 4.39 Å². The van der Waals surface area contributed by atoms with Crippen LogP contribution >= 0.6 is 0 Å². The lowest BCUT2D eigenvalue weighted by Crippen LogP contribution is -2.14. The van der Waals surface area contributed by atoms with Crippen molar-refractivity contribution >= 4 is 0 Å². The van der Waals surface area contributed by atoms with Crippen LogP contribution in [0.15, 0.2) is 12.1 Å². The largest absolute Gasteiger partial charge is 0.496 e. The molecule has 15 heavy (non-hydrogen) atoms. The van der Waals surface area contributed by atoms with Gasteiger partial charge in [-0.15, -0.1) is 0 Å². The molecule has 0 aliphatic carbocycles. The summed E-state index contributed by atoms with van der Waals surface area (Å²) in [7, 11) is 1.05. The van der Waals surface area contributed by atoms with Crippen molar-refractivity contribution in [3.63, 3.8) is 0 Å². The minimum atomic E-state index is -4.60. The zero-order valence-electron chi connectivity index (χ0n) is 7.86. The van der Waals surface area contributed by atoms with E-state index in [0.717, 1.165) is 13.2 Å². The van der Waals surface area contributed by atoms with Gasteiger partial charge in [-0.05, 0) is 11.6 Å². The van der Waals surface area contributed by atoms with Crippen LogP contribution in [0, 0.1) is 5.82 Å². The number of alkyl halides is 3. The Morgan fingerprint density at radius 1 is 1.33 bits per heavy atom. The first-order valence-corrected chi connectivity index (χ1v) is 4.03. The van der Waals surface area contributed by atoms with Gasteiger partial charge in [0.25, 0.3) is 0 Å². The summed E-state index contributed by atoms with van der Waals surface area (Å²) in [6.45, 7) is -0.400. The number of nitrogens with two attached hydrogens (primary N) is 1. The molecule has 0 spiro atoms. The summed E-state index contributed by atoms with van der Waals surface area (Å²) in [6.07, 6.45) is -4.60. The van der Waals surface area contributed by atoms with E-state index in [1.165, 1.54) is 0 Å². The average molecular weight is 223 g/mol. The van der Waals surface area contributed by atoms with Gasteiger partial charge < -0.3 is 10.5 Å². The Labute approximate surface area is 83.6 Å². The second kappa shape index (κ2) is 4.06. The predicted molar refractivity (Wildman–Crippen MR) is 45.8 cm³/mol. The van der Waals surface area contributed by atoms with E-state index >= 15 is 0 Å². The molecule has 1 rings (SSSR count). The first-order chi connectivity index (χ1) is 6.90. The maximum absolute atomic E-state index is 12.9. The van der Waals surface area contributed by atoms with E-state index < -0.39 is 29.9 Å². The second-order valence-electron chi connectivity index (χ2n) is 2.84. The van der Waals surface area contributed by atoms with E-state index in [0.29, 0.717) is 6.07 Å². The third-order valence-electron chi connectivity index (χ3n) is 1.87. The summed E-state index contributed by atoms with van der Waals surface area (Å²) in [5.74, 6) is -1.36. The maximum Gasteiger partial charge on any atom is 0.420 e. The summed E-state index contributed by atoms with van der Waals surface area (Å²) in [5, 5.41) is 0. The standard InChI is InChI=1S/C9H9F4NO/c1-15-7-3-6(10)2-5(4-14)8(7)9(11,12)13/h2-3H,4,14H2,1H3. The van der Waals surface area contributed by atoms with E-state index in [2.05, 4.69) is 4.74 Å². The number of hydrogen-bond donors (Lipinski definition) is 1. The highest BCUT2D eigenvalue weighted by atomic mass is 19.4. The molecule has 84 valence electrons. The average Bonchev–Trinajstić information content (AvgIpc) is 2.14. The van der Waals surface area contributed by atoms with Gasteiger partial charge in [0.1, 0.15) is 17.1 Å². The molecule has 1 aromatic rings. The Balaban J connectivity index is 3.44. The van der Waals surface area contributed by atoms with Gasteiger partial charge in [0.15, 0.2) is 0 Å². The fourth-order valence-electron chi connectivity index (χ4n) is 1.28. The Hall–Kier alpha value is -1.30. The lowest BCUT2D eigenvalue weighted by atomic mass is 10.1. The fourth-order valence-corrected chi connectivity index (χ4v) is 1.28. The molecule has 6 heteroatoms. The van der Waals surface area contributed by atoms with Crippen molar-refractivity contribution in [2.24, 2.45) is 5.73 Å². The minimum Gasteiger partial charge on any atom is -0.496 e. The molecular weight excluding hydrogens is 214 g/mol. The summed E-state index contributed by atoms with van der Waals surface area (Å²) in [4.78, 5) is 0. The lowest BCUT2D eigenvalue weighted by molar-refractivity contribution is -0.139. The molecule has 0 saturated carbocycles. The maximum atomic E-state index is 12.9. The monoisotopic (exact) mass is 223 g/mol. The molecular formula is C9H9F4NO. The van der Waals surface area contributed by atoms with Gasteiger partial charge in [0, 0.05) is 12.6 Å². The summed E-state index contributed by atoms with van der Waals surface area (Å²) in [6, 6.07) is 1.44. The predicted octanol–water partition coefficient (Wildman–Crippen LogP) is 2.31. The molecule has 0 fully saturated rings. The summed E-state index contributed by atoms with van der Waals surface area (Å²) < 4.78 is 55.0. The molecule has 0 heterocycles. The first-order valence-electron chi connectivity index (χ1n) is 4.03. The SMILES string of the molecule is COc1cc(F)cc(CN)c1C(F)(F)F. The summed E-state index contributed by atoms with van der Waals surface area (Å²) >= 11 is 0. The van der Waals surface area contributed by atoms with Crippen LogP contribution in [0.5, 0.6) is 5.75 Å². The number of ether oxygens (including phenoxy) is 1. The van der Waals surface area contributed by atoms with Gasteiger partial charge in [-0.3, -0.25) is 0 Å². The zero-order chi connectivity index (χ0) is 11.6. The molecule has 0 atom stereocenters. The molecule has 0 aliphatic heterocycles. The second-order valence-corrected chi connectivity index (χ2v) is 2.84. The molecule has 0 saturated heterocycles. The van der Waals surface area contributed by atoms with Crippen LogP contribution in [0.3, 0.4) is 0 Å². The third kappa shape index (κ3) is 2.38. The van der Waals surface area contributed by atoms with Gasteiger partial charge in [-0.1, -0.05) is 0 Å². The van der Waals surface area contributed by atoms with Gasteiger partial charge >= 0.3 is 6.18 Å². The third-order valence-corrected chi connectivity index (χ3v) is 1.87. The normalized spacial score (nSPS) is 11.6. The quantitative estimate of drug-likeness (QED) is 0.781. The van der Waals surface area contributed by atoms with Crippen molar-refractivity contribution in [1.82, 2.24) is 0 Å². The van der Waals surface area contributed by atoms with Crippen molar-refractivity contribution in [1.29, 1.82) is 0 Å². The van der Waals surface area contributed by atoms with Crippen LogP contribution in [0.1, 0.15) is 11.1 Å². The Morgan fingerprint density at radius 3 is 2.33 bits per heavy atom. The van der Waals surface area contributed by atoms with Crippen LogP contribution in [-0.4, -0.2) is 7.11 Å². The van der Waals surface area contributed by atoms with E-state index in [1.807, 2.05) is 0 Å². The molecule has 0 radical (unpaired) electrons. The first kappa shape index (κ1) is 11.8. The van der Waals surface area contributed by atoms with Crippen molar-refractivity contribution in [2.45, 2.75) is 12.7 Å². The molecule has 0 bridgehead atoms. The Kier molecular flexibility index (Phi) is 3.18. The van der Waals surface area contributed by atoms with Crippen LogP contribution < -0.4 is 10.5 Å². The highest BCUT2D eigenvalue weighted by Gasteiger charge is 2.37. The van der Waals surface area contributed by atoms with Crippen molar-refractivity contribution in [3.05, 3.63) is 29.1 Å². The molecule has 0 aromatic heterocycles. The van der Waals surface area contributed by atoms with Gasteiger partial charge in [0.05, 0.1) is 7.11 Å². The highest BCUT2D eigenvalue weighted by molar-refractivity contribution is 5.43. The number of methoxy groups -OCH3 is 1. The van der Waals surface area contributed by atoms with Crippen LogP contribution in [0.25, 0.3) is 0 Å². The zero-order valence-corrected chi connectivity index (χ0v) is 7.86. The smallest absolute Gasteiger partial charge is 0.420 e. The molecule has 0 amide bonds. The Morgan fingerprint density at radius 2 is 1.93 bits per heavy atom. The number of hydrogen-bond acceptors (Lipinski definition) is 2. The molecule has 2 N–H and O–H groups in total. The number of benzene rings is 1. The lowest BCUT2D eigenvalue weighted by Gasteiger charge is -2.15. The molecule has 2 nitrogen and oxygen atoms in total. The molecule has 0 unspecified atom stereocenters. The number of rotatable bonds is 2. The summed E-state index contributed by atoms with van der Waals surface area (Å²) in [5.41, 5.74) is 3.78. The van der Waals surface area contributed by atoms with Crippen molar-refractivity contribution in [2.75, 3.05) is 7.11 Å². The van der Waals surface area contributed by atoms with Crippen molar-refractivity contribution < 1.29 is 22.3 Å². The minimum absolute atomic E-state index is 0.320. The topological polar surface area (TPSA) is 35.2 Å². The molecule has 1 aromatic carbocycles. The number of halogens is 4. The van der Waals surface area contributed by atoms with E-state index in [9.17, 15) is 17.6 Å². The van der Waals surface area contributed by atoms with Crippen LogP contribution in [-0.2, 0) is 12.7 Å². The van der Waals surface area contributed by atoms with E-state index in [4.69, 9.17) is 5.73 Å². The van der Waals surface area contributed by atoms with Gasteiger partial charge in [0.2, 0.25) is 0 Å². The van der Waals surface area contributed by atoms with E-state index in [-0.39, 0.29) is 5.56 Å². The van der Waals surface area contributed by atoms with Crippen LogP contribution in [0.2, 0.25) is 0 Å². The van der Waals surface area contributed by atoms with Gasteiger partial charge in [-0.2, -0.15) is 13.2 Å². The Bertz CT molecular complexity index is 337. The van der Waals surface area contributed by atoms with Crippen LogP contribution in [0.4, 0.5) is 17.6 Å². The highest BCUT2D eigenvalue weighted by Crippen LogP contribution is 2.39. The fraction of sp³-hybridized carbons (Fsp3) is 0.333. The van der Waals surface area contributed by atoms with Crippen molar-refractivity contribution in [3.8, 4) is 5.75 Å². The molecule has 0 aliphatic rings.